The summed E-state index contributed by atoms with van der Waals surface area (Å²) in [5, 5.41) is 12.8. The number of urea groups is 1. The van der Waals surface area contributed by atoms with Gasteiger partial charge in [-0.1, -0.05) is 0 Å². The Morgan fingerprint density at radius 1 is 1.25 bits per heavy atom. The summed E-state index contributed by atoms with van der Waals surface area (Å²) in [7, 11) is 0. The first-order valence-electron chi connectivity index (χ1n) is 8.77. The number of carbonyl (C=O) groups excluding carboxylic acids is 1. The summed E-state index contributed by atoms with van der Waals surface area (Å²) < 4.78 is 13.3. The number of benzene rings is 1. The molecule has 5 nitrogen and oxygen atoms in total. The third-order valence-corrected chi connectivity index (χ3v) is 4.93. The Morgan fingerprint density at radius 2 is 2.04 bits per heavy atom. The maximum absolute atomic E-state index is 13.3. The fraction of sp³-hybridized carbons (Fsp3) is 0.611. The van der Waals surface area contributed by atoms with Gasteiger partial charge in [0.1, 0.15) is 5.82 Å². The molecule has 2 aliphatic rings. The number of hydrogen-bond donors (Lipinski definition) is 2. The van der Waals surface area contributed by atoms with E-state index in [-0.39, 0.29) is 17.9 Å². The van der Waals surface area contributed by atoms with Crippen LogP contribution >= 0.6 is 0 Å². The summed E-state index contributed by atoms with van der Waals surface area (Å²) in [6.45, 7) is 4.68. The number of hydrogen-bond acceptors (Lipinski definition) is 3. The van der Waals surface area contributed by atoms with Crippen molar-refractivity contribution in [2.24, 2.45) is 0 Å². The van der Waals surface area contributed by atoms with Crippen LogP contribution in [-0.4, -0.2) is 54.4 Å². The highest BCUT2D eigenvalue weighted by atomic mass is 19.1. The average molecular weight is 335 g/mol. The van der Waals surface area contributed by atoms with E-state index in [2.05, 4.69) is 10.2 Å². The SMILES string of the molecule is Cc1cc(F)ccc1N1CCCC(NC(=O)N2CCCC(O)C2)C1. The molecule has 2 saturated heterocycles. The maximum Gasteiger partial charge on any atom is 0.317 e. The van der Waals surface area contributed by atoms with E-state index in [9.17, 15) is 14.3 Å². The van der Waals surface area contributed by atoms with E-state index in [1.54, 1.807) is 11.0 Å². The number of amides is 2. The number of likely N-dealkylation sites (tertiary alicyclic amines) is 1. The van der Waals surface area contributed by atoms with Crippen molar-refractivity contribution in [3.63, 3.8) is 0 Å². The summed E-state index contributed by atoms with van der Waals surface area (Å²) in [5.74, 6) is -0.221. The molecule has 2 unspecified atom stereocenters. The zero-order valence-electron chi connectivity index (χ0n) is 14.2. The molecule has 0 aromatic heterocycles. The molecule has 3 rings (SSSR count). The molecule has 1 aromatic carbocycles. The minimum absolute atomic E-state index is 0.0785. The van der Waals surface area contributed by atoms with Gasteiger partial charge in [-0.15, -0.1) is 0 Å². The zero-order chi connectivity index (χ0) is 17.1. The number of halogens is 1. The van der Waals surface area contributed by atoms with Gasteiger partial charge in [0.15, 0.2) is 0 Å². The Balaban J connectivity index is 1.60. The lowest BCUT2D eigenvalue weighted by Gasteiger charge is -2.37. The van der Waals surface area contributed by atoms with Gasteiger partial charge in [0, 0.05) is 37.9 Å². The average Bonchev–Trinajstić information content (AvgIpc) is 2.55. The molecule has 1 aromatic rings. The number of aliphatic hydroxyl groups excluding tert-OH is 1. The lowest BCUT2D eigenvalue weighted by molar-refractivity contribution is 0.0831. The van der Waals surface area contributed by atoms with Crippen molar-refractivity contribution in [1.82, 2.24) is 10.2 Å². The second kappa shape index (κ2) is 7.38. The summed E-state index contributed by atoms with van der Waals surface area (Å²) in [6, 6.07) is 4.84. The van der Waals surface area contributed by atoms with Crippen molar-refractivity contribution in [3.05, 3.63) is 29.6 Å². The van der Waals surface area contributed by atoms with E-state index in [0.717, 1.165) is 50.0 Å². The van der Waals surface area contributed by atoms with Gasteiger partial charge in [-0.2, -0.15) is 0 Å². The predicted octanol–water partition coefficient (Wildman–Crippen LogP) is 2.27. The van der Waals surface area contributed by atoms with Crippen LogP contribution < -0.4 is 10.2 Å². The van der Waals surface area contributed by atoms with E-state index in [4.69, 9.17) is 0 Å². The van der Waals surface area contributed by atoms with E-state index >= 15 is 0 Å². The largest absolute Gasteiger partial charge is 0.391 e. The van der Waals surface area contributed by atoms with Crippen LogP contribution in [-0.2, 0) is 0 Å². The fourth-order valence-corrected chi connectivity index (χ4v) is 3.69. The van der Waals surface area contributed by atoms with Crippen LogP contribution in [0.2, 0.25) is 0 Å². The first kappa shape index (κ1) is 17.0. The fourth-order valence-electron chi connectivity index (χ4n) is 3.69. The van der Waals surface area contributed by atoms with E-state index in [0.29, 0.717) is 13.1 Å². The number of anilines is 1. The van der Waals surface area contributed by atoms with Gasteiger partial charge >= 0.3 is 6.03 Å². The van der Waals surface area contributed by atoms with Crippen molar-refractivity contribution in [3.8, 4) is 0 Å². The van der Waals surface area contributed by atoms with Crippen molar-refractivity contribution >= 4 is 11.7 Å². The van der Waals surface area contributed by atoms with Gasteiger partial charge in [0.2, 0.25) is 0 Å². The highest BCUT2D eigenvalue weighted by molar-refractivity contribution is 5.74. The number of carbonyl (C=O) groups is 1. The molecule has 0 aliphatic carbocycles. The summed E-state index contributed by atoms with van der Waals surface area (Å²) in [5.41, 5.74) is 1.95. The van der Waals surface area contributed by atoms with Crippen LogP contribution in [0.1, 0.15) is 31.2 Å². The van der Waals surface area contributed by atoms with Gasteiger partial charge < -0.3 is 20.2 Å². The standard InChI is InChI=1S/C18H26FN3O2/c1-13-10-14(19)6-7-17(13)21-8-2-4-15(11-21)20-18(24)22-9-3-5-16(23)12-22/h6-7,10,15-16,23H,2-5,8-9,11-12H2,1H3,(H,20,24). The Labute approximate surface area is 142 Å². The number of nitrogens with zero attached hydrogens (tertiary/aromatic N) is 2. The number of aliphatic hydroxyl groups is 1. The first-order chi connectivity index (χ1) is 11.5. The number of nitrogens with one attached hydrogen (secondary N) is 1. The van der Waals surface area contributed by atoms with Gasteiger partial charge in [0.25, 0.3) is 0 Å². The molecule has 2 N–H and O–H groups in total. The number of β-amino-alcohol motifs (C(OH)–C–C–N with tert-alkyl or cyclic N) is 1. The molecule has 2 atom stereocenters. The second-order valence-corrected chi connectivity index (χ2v) is 6.91. The lowest BCUT2D eigenvalue weighted by atomic mass is 10.0. The van der Waals surface area contributed by atoms with Crippen LogP contribution in [0.5, 0.6) is 0 Å². The molecule has 0 saturated carbocycles. The summed E-state index contributed by atoms with van der Waals surface area (Å²) in [6.07, 6.45) is 3.14. The lowest BCUT2D eigenvalue weighted by Crippen LogP contribution is -2.54. The molecule has 0 radical (unpaired) electrons. The Hall–Kier alpha value is -1.82. The minimum atomic E-state index is -0.408. The molecular formula is C18H26FN3O2. The minimum Gasteiger partial charge on any atom is -0.391 e. The van der Waals surface area contributed by atoms with Crippen molar-refractivity contribution in [1.29, 1.82) is 0 Å². The normalized spacial score (nSPS) is 24.8. The third kappa shape index (κ3) is 3.98. The summed E-state index contributed by atoms with van der Waals surface area (Å²) in [4.78, 5) is 16.3. The third-order valence-electron chi connectivity index (χ3n) is 4.93. The van der Waals surface area contributed by atoms with Crippen LogP contribution in [0.4, 0.5) is 14.9 Å². The van der Waals surface area contributed by atoms with Gasteiger partial charge in [0.05, 0.1) is 6.10 Å². The second-order valence-electron chi connectivity index (χ2n) is 6.91. The molecule has 2 aliphatic heterocycles. The number of piperidine rings is 2. The van der Waals surface area contributed by atoms with Gasteiger partial charge in [-0.05, 0) is 56.4 Å². The number of aryl methyl sites for hydroxylation is 1. The molecule has 0 bridgehead atoms. The Morgan fingerprint density at radius 3 is 2.79 bits per heavy atom. The monoisotopic (exact) mass is 335 g/mol. The van der Waals surface area contributed by atoms with Crippen molar-refractivity contribution < 1.29 is 14.3 Å². The smallest absolute Gasteiger partial charge is 0.317 e. The molecule has 2 fully saturated rings. The molecule has 132 valence electrons. The quantitative estimate of drug-likeness (QED) is 0.872. The molecule has 0 spiro atoms. The topological polar surface area (TPSA) is 55.8 Å². The molecule has 24 heavy (non-hydrogen) atoms. The van der Waals surface area contributed by atoms with Crippen LogP contribution in [0, 0.1) is 12.7 Å². The zero-order valence-corrected chi connectivity index (χ0v) is 14.2. The van der Waals surface area contributed by atoms with Crippen molar-refractivity contribution in [2.75, 3.05) is 31.1 Å². The van der Waals surface area contributed by atoms with Gasteiger partial charge in [-0.25, -0.2) is 9.18 Å². The van der Waals surface area contributed by atoms with Gasteiger partial charge in [-0.3, -0.25) is 0 Å². The highest BCUT2D eigenvalue weighted by Gasteiger charge is 2.27. The van der Waals surface area contributed by atoms with E-state index in [1.807, 2.05) is 13.0 Å². The Kier molecular flexibility index (Phi) is 5.23. The maximum atomic E-state index is 13.3. The molecular weight excluding hydrogens is 309 g/mol. The van der Waals surface area contributed by atoms with Crippen LogP contribution in [0.3, 0.4) is 0 Å². The highest BCUT2D eigenvalue weighted by Crippen LogP contribution is 2.24. The first-order valence-corrected chi connectivity index (χ1v) is 8.77. The predicted molar refractivity (Wildman–Crippen MR) is 91.7 cm³/mol. The molecule has 2 amide bonds. The van der Waals surface area contributed by atoms with E-state index in [1.165, 1.54) is 6.07 Å². The van der Waals surface area contributed by atoms with Crippen LogP contribution in [0.15, 0.2) is 18.2 Å². The molecule has 6 heteroatoms. The van der Waals surface area contributed by atoms with Crippen LogP contribution in [0.25, 0.3) is 0 Å². The van der Waals surface area contributed by atoms with E-state index < -0.39 is 6.10 Å². The molecule has 2 heterocycles. The summed E-state index contributed by atoms with van der Waals surface area (Å²) >= 11 is 0. The Bertz CT molecular complexity index is 596. The van der Waals surface area contributed by atoms with Crippen molar-refractivity contribution in [2.45, 2.75) is 44.8 Å². The number of rotatable bonds is 2.